The Morgan fingerprint density at radius 3 is 3.08 bits per heavy atom. The predicted molar refractivity (Wildman–Crippen MR) is 94.2 cm³/mol. The van der Waals surface area contributed by atoms with E-state index in [4.69, 9.17) is 4.52 Å². The molecule has 3 heterocycles. The Kier molecular flexibility index (Phi) is 4.31. The highest BCUT2D eigenvalue weighted by molar-refractivity contribution is 7.14. The molecule has 128 valence electrons. The van der Waals surface area contributed by atoms with E-state index in [2.05, 4.69) is 27.4 Å². The van der Waals surface area contributed by atoms with Gasteiger partial charge in [-0.2, -0.15) is 4.98 Å². The molecule has 3 aromatic heterocycles. The smallest absolute Gasteiger partial charge is 0.261 e. The van der Waals surface area contributed by atoms with E-state index in [0.717, 1.165) is 23.3 Å². The molecule has 0 bridgehead atoms. The largest absolute Gasteiger partial charge is 0.342 e. The second kappa shape index (κ2) is 6.76. The van der Waals surface area contributed by atoms with Gasteiger partial charge in [0, 0.05) is 22.8 Å². The van der Waals surface area contributed by atoms with E-state index in [1.165, 1.54) is 16.9 Å². The molecule has 0 aromatic carbocycles. The van der Waals surface area contributed by atoms with Crippen molar-refractivity contribution in [2.75, 3.05) is 0 Å². The average Bonchev–Trinajstić information content (AvgIpc) is 3.27. The molecule has 1 amide bonds. The molecule has 0 fully saturated rings. The number of rotatable bonds is 4. The molecule has 0 spiro atoms. The minimum absolute atomic E-state index is 0.0873. The lowest BCUT2D eigenvalue weighted by Gasteiger charge is -2.16. The normalized spacial score (nSPS) is 16.4. The summed E-state index contributed by atoms with van der Waals surface area (Å²) in [5.41, 5.74) is 2.16. The van der Waals surface area contributed by atoms with Gasteiger partial charge in [-0.3, -0.25) is 9.78 Å². The molecule has 25 heavy (non-hydrogen) atoms. The fourth-order valence-electron chi connectivity index (χ4n) is 3.01. The first-order valence-corrected chi connectivity index (χ1v) is 9.13. The maximum absolute atomic E-state index is 12.4. The molecular formula is C18H18N4O2S. The molecule has 1 aliphatic rings. The molecule has 0 saturated heterocycles. The standard InChI is InChI=1S/C18H18N4O2S/c1-11-2-3-14-13(8-11)9-15(25-14)18(23)20-10-16-21-17(22-24-16)12-4-6-19-7-5-12/h4-7,9,11H,2-3,8,10H2,1H3,(H,20,23). The fourth-order valence-corrected chi connectivity index (χ4v) is 4.13. The summed E-state index contributed by atoms with van der Waals surface area (Å²) in [6.45, 7) is 2.48. The Bertz CT molecular complexity index is 888. The number of fused-ring (bicyclic) bond motifs is 1. The van der Waals surface area contributed by atoms with Crippen molar-refractivity contribution in [3.05, 3.63) is 51.8 Å². The first-order chi connectivity index (χ1) is 12.2. The van der Waals surface area contributed by atoms with Gasteiger partial charge in [0.2, 0.25) is 11.7 Å². The van der Waals surface area contributed by atoms with E-state index in [9.17, 15) is 4.79 Å². The first-order valence-electron chi connectivity index (χ1n) is 8.32. The maximum atomic E-state index is 12.4. The highest BCUT2D eigenvalue weighted by Crippen LogP contribution is 2.32. The molecule has 0 radical (unpaired) electrons. The zero-order valence-corrected chi connectivity index (χ0v) is 14.7. The topological polar surface area (TPSA) is 80.9 Å². The van der Waals surface area contributed by atoms with Gasteiger partial charge in [0.25, 0.3) is 5.91 Å². The lowest BCUT2D eigenvalue weighted by molar-refractivity contribution is 0.0950. The SMILES string of the molecule is CC1CCc2sc(C(=O)NCc3nc(-c4ccncc4)no3)cc2C1. The number of thiophene rings is 1. The van der Waals surface area contributed by atoms with E-state index >= 15 is 0 Å². The van der Waals surface area contributed by atoms with E-state index in [1.54, 1.807) is 23.7 Å². The van der Waals surface area contributed by atoms with Crippen molar-refractivity contribution < 1.29 is 9.32 Å². The third-order valence-corrected chi connectivity index (χ3v) is 5.60. The third kappa shape index (κ3) is 3.46. The molecule has 1 atom stereocenters. The zero-order chi connectivity index (χ0) is 17.2. The molecule has 0 saturated carbocycles. The summed E-state index contributed by atoms with van der Waals surface area (Å²) in [6, 6.07) is 5.65. The van der Waals surface area contributed by atoms with Crippen molar-refractivity contribution in [1.29, 1.82) is 0 Å². The number of carbonyl (C=O) groups is 1. The molecule has 1 N–H and O–H groups in total. The zero-order valence-electron chi connectivity index (χ0n) is 13.9. The van der Waals surface area contributed by atoms with Crippen LogP contribution in [0.1, 0.15) is 39.3 Å². The van der Waals surface area contributed by atoms with Gasteiger partial charge in [0.05, 0.1) is 11.4 Å². The first kappa shape index (κ1) is 16.0. The van der Waals surface area contributed by atoms with Crippen molar-refractivity contribution in [3.63, 3.8) is 0 Å². The second-order valence-corrected chi connectivity index (χ2v) is 7.47. The fraction of sp³-hybridized carbons (Fsp3) is 0.333. The van der Waals surface area contributed by atoms with Crippen molar-refractivity contribution in [2.45, 2.75) is 32.7 Å². The monoisotopic (exact) mass is 354 g/mol. The Labute approximate surface area is 149 Å². The van der Waals surface area contributed by atoms with Crippen LogP contribution in [0.2, 0.25) is 0 Å². The number of nitrogens with zero attached hydrogens (tertiary/aromatic N) is 3. The van der Waals surface area contributed by atoms with Gasteiger partial charge in [0.15, 0.2) is 0 Å². The van der Waals surface area contributed by atoms with Gasteiger partial charge < -0.3 is 9.84 Å². The number of hydrogen-bond acceptors (Lipinski definition) is 6. The predicted octanol–water partition coefficient (Wildman–Crippen LogP) is 3.25. The highest BCUT2D eigenvalue weighted by Gasteiger charge is 2.21. The van der Waals surface area contributed by atoms with Gasteiger partial charge in [-0.1, -0.05) is 12.1 Å². The summed E-state index contributed by atoms with van der Waals surface area (Å²) in [4.78, 5) is 22.8. The number of nitrogens with one attached hydrogen (secondary N) is 1. The molecule has 1 aliphatic carbocycles. The minimum Gasteiger partial charge on any atom is -0.342 e. The summed E-state index contributed by atoms with van der Waals surface area (Å²) in [7, 11) is 0. The molecular weight excluding hydrogens is 336 g/mol. The number of pyridine rings is 1. The number of aryl methyl sites for hydroxylation is 1. The van der Waals surface area contributed by atoms with Gasteiger partial charge in [0.1, 0.15) is 0 Å². The van der Waals surface area contributed by atoms with Crippen LogP contribution in [0.25, 0.3) is 11.4 Å². The molecule has 4 rings (SSSR count). The van der Waals surface area contributed by atoms with E-state index in [0.29, 0.717) is 17.6 Å². The summed E-state index contributed by atoms with van der Waals surface area (Å²) in [6.07, 6.45) is 6.69. The molecule has 1 unspecified atom stereocenters. The third-order valence-electron chi connectivity index (χ3n) is 4.36. The molecule has 7 heteroatoms. The molecule has 0 aliphatic heterocycles. The van der Waals surface area contributed by atoms with Crippen LogP contribution in [-0.4, -0.2) is 21.0 Å². The molecule has 6 nitrogen and oxygen atoms in total. The summed E-state index contributed by atoms with van der Waals surface area (Å²) < 4.78 is 5.21. The van der Waals surface area contributed by atoms with Gasteiger partial charge >= 0.3 is 0 Å². The van der Waals surface area contributed by atoms with Crippen molar-refractivity contribution in [3.8, 4) is 11.4 Å². The van der Waals surface area contributed by atoms with Crippen LogP contribution in [0.5, 0.6) is 0 Å². The summed E-state index contributed by atoms with van der Waals surface area (Å²) >= 11 is 1.60. The molecule has 3 aromatic rings. The van der Waals surface area contributed by atoms with E-state index in [-0.39, 0.29) is 12.5 Å². The average molecular weight is 354 g/mol. The summed E-state index contributed by atoms with van der Waals surface area (Å²) in [5.74, 6) is 1.49. The highest BCUT2D eigenvalue weighted by atomic mass is 32.1. The van der Waals surface area contributed by atoms with Gasteiger partial charge in [-0.15, -0.1) is 11.3 Å². The van der Waals surface area contributed by atoms with E-state index in [1.807, 2.05) is 18.2 Å². The van der Waals surface area contributed by atoms with Crippen molar-refractivity contribution in [2.24, 2.45) is 5.92 Å². The Morgan fingerprint density at radius 1 is 1.40 bits per heavy atom. The number of hydrogen-bond donors (Lipinski definition) is 1. The van der Waals surface area contributed by atoms with Crippen molar-refractivity contribution in [1.82, 2.24) is 20.4 Å². The Morgan fingerprint density at radius 2 is 2.24 bits per heavy atom. The quantitative estimate of drug-likeness (QED) is 0.778. The Balaban J connectivity index is 1.40. The lowest BCUT2D eigenvalue weighted by Crippen LogP contribution is -2.22. The minimum atomic E-state index is -0.0873. The van der Waals surface area contributed by atoms with Gasteiger partial charge in [-0.25, -0.2) is 0 Å². The number of aromatic nitrogens is 3. The maximum Gasteiger partial charge on any atom is 0.261 e. The van der Waals surface area contributed by atoms with Gasteiger partial charge in [-0.05, 0) is 48.9 Å². The number of carbonyl (C=O) groups excluding carboxylic acids is 1. The van der Waals surface area contributed by atoms with Crippen LogP contribution in [0.3, 0.4) is 0 Å². The van der Waals surface area contributed by atoms with Crippen LogP contribution in [-0.2, 0) is 19.4 Å². The number of amides is 1. The second-order valence-electron chi connectivity index (χ2n) is 6.34. The van der Waals surface area contributed by atoms with Crippen molar-refractivity contribution >= 4 is 17.2 Å². The van der Waals surface area contributed by atoms with Crippen LogP contribution >= 0.6 is 11.3 Å². The van der Waals surface area contributed by atoms with Crippen LogP contribution in [0.15, 0.2) is 35.1 Å². The Hall–Kier alpha value is -2.54. The summed E-state index contributed by atoms with van der Waals surface area (Å²) in [5, 5.41) is 6.80. The van der Waals surface area contributed by atoms with Crippen LogP contribution in [0.4, 0.5) is 0 Å². The van der Waals surface area contributed by atoms with E-state index < -0.39 is 0 Å². The lowest BCUT2D eigenvalue weighted by atomic mass is 9.90. The van der Waals surface area contributed by atoms with Crippen LogP contribution in [0, 0.1) is 5.92 Å². The van der Waals surface area contributed by atoms with Crippen LogP contribution < -0.4 is 5.32 Å².